The summed E-state index contributed by atoms with van der Waals surface area (Å²) in [5.41, 5.74) is 3.43. The molecular formula is C27H28ClN3O. The van der Waals surface area contributed by atoms with Gasteiger partial charge in [0.2, 0.25) is 0 Å². The van der Waals surface area contributed by atoms with Crippen molar-refractivity contribution in [2.45, 2.75) is 32.9 Å². The smallest absolute Gasteiger partial charge is 0.253 e. The van der Waals surface area contributed by atoms with Crippen LogP contribution in [0, 0.1) is 17.8 Å². The molecule has 3 N–H and O–H groups in total. The second-order valence-electron chi connectivity index (χ2n) is 8.56. The average molecular weight is 446 g/mol. The standard InChI is InChI=1S/C27H28ClN3O/c1-17(2)8-9-19-10-12-22(24-7-5-4-6-23(19)24)18(3)30-27(32)25-14-20(11-13-26(25)28)31-21-15-29-16-21/h4-7,10-14,17-18,21,29,31H,15-16H2,1-3H3,(H,30,32). The van der Waals surface area contributed by atoms with Crippen LogP contribution in [0.25, 0.3) is 10.8 Å². The molecule has 5 heteroatoms. The van der Waals surface area contributed by atoms with Gasteiger partial charge in [-0.05, 0) is 47.5 Å². The van der Waals surface area contributed by atoms with Gasteiger partial charge in [-0.15, -0.1) is 0 Å². The summed E-state index contributed by atoms with van der Waals surface area (Å²) in [7, 11) is 0. The molecule has 4 rings (SSSR count). The zero-order valence-electron chi connectivity index (χ0n) is 18.6. The molecule has 1 unspecified atom stereocenters. The molecule has 3 aromatic rings. The Morgan fingerprint density at radius 3 is 2.50 bits per heavy atom. The fourth-order valence-corrected chi connectivity index (χ4v) is 4.00. The number of fused-ring (bicyclic) bond motifs is 1. The third-order valence-electron chi connectivity index (χ3n) is 5.63. The molecule has 0 spiro atoms. The van der Waals surface area contributed by atoms with Gasteiger partial charge in [0.1, 0.15) is 0 Å². The largest absolute Gasteiger partial charge is 0.380 e. The van der Waals surface area contributed by atoms with Gasteiger partial charge in [0.15, 0.2) is 0 Å². The lowest BCUT2D eigenvalue weighted by atomic mass is 9.95. The van der Waals surface area contributed by atoms with Crippen molar-refractivity contribution in [3.8, 4) is 11.8 Å². The van der Waals surface area contributed by atoms with Crippen LogP contribution in [0.2, 0.25) is 5.02 Å². The summed E-state index contributed by atoms with van der Waals surface area (Å²) in [5.74, 6) is 6.66. The van der Waals surface area contributed by atoms with E-state index in [-0.39, 0.29) is 11.9 Å². The third kappa shape index (κ3) is 4.91. The molecule has 1 fully saturated rings. The molecular weight excluding hydrogens is 418 g/mol. The Hall–Kier alpha value is -3.00. The van der Waals surface area contributed by atoms with Crippen LogP contribution in [0.4, 0.5) is 5.69 Å². The molecule has 4 nitrogen and oxygen atoms in total. The Kier molecular flexibility index (Phi) is 6.69. The van der Waals surface area contributed by atoms with Gasteiger partial charge < -0.3 is 16.0 Å². The molecule has 0 aliphatic carbocycles. The van der Waals surface area contributed by atoms with Crippen molar-refractivity contribution in [1.82, 2.24) is 10.6 Å². The molecule has 3 aromatic carbocycles. The van der Waals surface area contributed by atoms with Crippen LogP contribution in [0.3, 0.4) is 0 Å². The fourth-order valence-electron chi connectivity index (χ4n) is 3.80. The van der Waals surface area contributed by atoms with Crippen molar-refractivity contribution in [1.29, 1.82) is 0 Å². The highest BCUT2D eigenvalue weighted by Crippen LogP contribution is 2.28. The number of hydrogen-bond donors (Lipinski definition) is 3. The van der Waals surface area contributed by atoms with Crippen molar-refractivity contribution < 1.29 is 4.79 Å². The van der Waals surface area contributed by atoms with Crippen molar-refractivity contribution >= 4 is 34.0 Å². The predicted molar refractivity (Wildman–Crippen MR) is 133 cm³/mol. The van der Waals surface area contributed by atoms with Gasteiger partial charge in [0.05, 0.1) is 22.7 Å². The maximum absolute atomic E-state index is 13.1. The molecule has 1 saturated heterocycles. The minimum Gasteiger partial charge on any atom is -0.380 e. The Labute approximate surface area is 194 Å². The number of hydrogen-bond acceptors (Lipinski definition) is 3. The van der Waals surface area contributed by atoms with Crippen LogP contribution in [0.15, 0.2) is 54.6 Å². The van der Waals surface area contributed by atoms with Gasteiger partial charge in [0, 0.05) is 30.3 Å². The SMILES string of the molecule is CC(C)C#Cc1ccc(C(C)NC(=O)c2cc(NC3CNC3)ccc2Cl)c2ccccc12. The number of benzene rings is 3. The summed E-state index contributed by atoms with van der Waals surface area (Å²) >= 11 is 6.36. The van der Waals surface area contributed by atoms with Crippen molar-refractivity contribution in [2.24, 2.45) is 5.92 Å². The second-order valence-corrected chi connectivity index (χ2v) is 8.97. The molecule has 1 aliphatic rings. The first-order valence-electron chi connectivity index (χ1n) is 11.0. The quantitative estimate of drug-likeness (QED) is 0.462. The first-order valence-corrected chi connectivity index (χ1v) is 11.4. The number of carbonyl (C=O) groups is 1. The molecule has 1 atom stereocenters. The lowest BCUT2D eigenvalue weighted by molar-refractivity contribution is 0.0940. The number of rotatable bonds is 5. The van der Waals surface area contributed by atoms with E-state index in [2.05, 4.69) is 59.8 Å². The van der Waals surface area contributed by atoms with E-state index in [1.165, 1.54) is 0 Å². The minimum absolute atomic E-state index is 0.189. The van der Waals surface area contributed by atoms with E-state index in [1.54, 1.807) is 6.07 Å². The highest BCUT2D eigenvalue weighted by atomic mass is 35.5. The van der Waals surface area contributed by atoms with Crippen LogP contribution >= 0.6 is 11.6 Å². The van der Waals surface area contributed by atoms with Gasteiger partial charge in [0.25, 0.3) is 5.91 Å². The number of anilines is 1. The lowest BCUT2D eigenvalue weighted by Crippen LogP contribution is -2.51. The van der Waals surface area contributed by atoms with Gasteiger partial charge in [-0.3, -0.25) is 4.79 Å². The summed E-state index contributed by atoms with van der Waals surface area (Å²) in [4.78, 5) is 13.1. The highest BCUT2D eigenvalue weighted by molar-refractivity contribution is 6.34. The predicted octanol–water partition coefficient (Wildman–Crippen LogP) is 5.38. The summed E-state index contributed by atoms with van der Waals surface area (Å²) in [5, 5.41) is 12.4. The average Bonchev–Trinajstić information content (AvgIpc) is 2.75. The molecule has 164 valence electrons. The number of nitrogens with one attached hydrogen (secondary N) is 3. The third-order valence-corrected chi connectivity index (χ3v) is 5.96. The van der Waals surface area contributed by atoms with E-state index in [0.717, 1.165) is 40.7 Å². The maximum Gasteiger partial charge on any atom is 0.253 e. The van der Waals surface area contributed by atoms with Gasteiger partial charge in [-0.2, -0.15) is 0 Å². The van der Waals surface area contributed by atoms with Crippen LogP contribution in [-0.2, 0) is 0 Å². The van der Waals surface area contributed by atoms with Crippen molar-refractivity contribution in [2.75, 3.05) is 18.4 Å². The van der Waals surface area contributed by atoms with Gasteiger partial charge in [-0.1, -0.05) is 67.6 Å². The molecule has 1 aliphatic heterocycles. The second kappa shape index (κ2) is 9.65. The summed E-state index contributed by atoms with van der Waals surface area (Å²) < 4.78 is 0. The van der Waals surface area contributed by atoms with Crippen LogP contribution in [-0.4, -0.2) is 25.0 Å². The molecule has 0 aromatic heterocycles. The normalized spacial score (nSPS) is 14.4. The van der Waals surface area contributed by atoms with E-state index in [4.69, 9.17) is 11.6 Å². The van der Waals surface area contributed by atoms with Crippen molar-refractivity contribution in [3.63, 3.8) is 0 Å². The monoisotopic (exact) mass is 445 g/mol. The van der Waals surface area contributed by atoms with E-state index in [1.807, 2.05) is 37.3 Å². The maximum atomic E-state index is 13.1. The number of amides is 1. The molecule has 0 radical (unpaired) electrons. The van der Waals surface area contributed by atoms with E-state index in [0.29, 0.717) is 22.5 Å². The molecule has 0 bridgehead atoms. The van der Waals surface area contributed by atoms with Crippen LogP contribution in [0.5, 0.6) is 0 Å². The van der Waals surface area contributed by atoms with Crippen LogP contribution in [0.1, 0.15) is 48.3 Å². The number of carbonyl (C=O) groups excluding carboxylic acids is 1. The Morgan fingerprint density at radius 2 is 1.81 bits per heavy atom. The Bertz CT molecular complexity index is 1200. The Balaban J connectivity index is 1.58. The molecule has 1 amide bonds. The summed E-state index contributed by atoms with van der Waals surface area (Å²) in [6, 6.07) is 18.0. The first kappa shape index (κ1) is 22.2. The summed E-state index contributed by atoms with van der Waals surface area (Å²) in [6.07, 6.45) is 0. The molecule has 1 heterocycles. The lowest BCUT2D eigenvalue weighted by Gasteiger charge is -2.29. The first-order chi connectivity index (χ1) is 15.4. The Morgan fingerprint density at radius 1 is 1.06 bits per heavy atom. The van der Waals surface area contributed by atoms with Gasteiger partial charge >= 0.3 is 0 Å². The van der Waals surface area contributed by atoms with E-state index < -0.39 is 0 Å². The number of halogens is 1. The van der Waals surface area contributed by atoms with Gasteiger partial charge in [-0.25, -0.2) is 0 Å². The van der Waals surface area contributed by atoms with E-state index >= 15 is 0 Å². The zero-order valence-corrected chi connectivity index (χ0v) is 19.4. The zero-order chi connectivity index (χ0) is 22.7. The fraction of sp³-hybridized carbons (Fsp3) is 0.296. The highest BCUT2D eigenvalue weighted by Gasteiger charge is 2.19. The molecule has 0 saturated carbocycles. The van der Waals surface area contributed by atoms with E-state index in [9.17, 15) is 4.79 Å². The summed E-state index contributed by atoms with van der Waals surface area (Å²) in [6.45, 7) is 8.01. The van der Waals surface area contributed by atoms with Crippen molar-refractivity contribution in [3.05, 3.63) is 76.3 Å². The minimum atomic E-state index is -0.192. The van der Waals surface area contributed by atoms with Crippen LogP contribution < -0.4 is 16.0 Å². The molecule has 32 heavy (non-hydrogen) atoms. The topological polar surface area (TPSA) is 53.2 Å².